The second-order valence-electron chi connectivity index (χ2n) is 8.31. The first-order valence-corrected chi connectivity index (χ1v) is 11.1. The fourth-order valence-electron chi connectivity index (χ4n) is 3.72. The van der Waals surface area contributed by atoms with Gasteiger partial charge in [-0.05, 0) is 23.1 Å². The van der Waals surface area contributed by atoms with Crippen molar-refractivity contribution in [2.45, 2.75) is 32.9 Å². The maximum Gasteiger partial charge on any atom is 0.340 e. The molecule has 1 aliphatic rings. The van der Waals surface area contributed by atoms with Crippen LogP contribution in [0, 0.1) is 0 Å². The zero-order chi connectivity index (χ0) is 23.2. The fraction of sp³-hybridized carbons (Fsp3) is 0.417. The van der Waals surface area contributed by atoms with Crippen molar-refractivity contribution in [3.05, 3.63) is 58.9 Å². The molecule has 2 aromatic heterocycles. The van der Waals surface area contributed by atoms with Gasteiger partial charge in [0.25, 0.3) is 11.6 Å². The van der Waals surface area contributed by atoms with Crippen molar-refractivity contribution >= 4 is 23.0 Å². The van der Waals surface area contributed by atoms with Gasteiger partial charge in [0.15, 0.2) is 6.61 Å². The number of hydrogen-bond donors (Lipinski definition) is 1. The van der Waals surface area contributed by atoms with Crippen LogP contribution in [0.2, 0.25) is 0 Å². The number of hydrogen-bond acceptors (Lipinski definition) is 8. The van der Waals surface area contributed by atoms with Crippen LogP contribution in [-0.4, -0.2) is 59.8 Å². The predicted molar refractivity (Wildman–Crippen MR) is 121 cm³/mol. The maximum atomic E-state index is 12.4. The highest BCUT2D eigenvalue weighted by molar-refractivity contribution is 5.94. The number of rotatable bonds is 8. The number of aromatic nitrogens is 2. The number of carbonyl (C=O) groups is 2. The standard InChI is InChI=1S/C24H28N4O5/c1-16(2)22-20-11-19(13-26-23(20)33-27-22)24(30)32-15-21(29)25-12-17-5-3-4-6-18(17)14-28-7-9-31-10-8-28/h3-6,11,13,16H,7-10,12,14-15H2,1-2H3,(H,25,29). The third kappa shape index (κ3) is 5.74. The molecule has 0 atom stereocenters. The number of nitrogens with one attached hydrogen (secondary N) is 1. The molecular weight excluding hydrogens is 424 g/mol. The summed E-state index contributed by atoms with van der Waals surface area (Å²) < 4.78 is 15.8. The summed E-state index contributed by atoms with van der Waals surface area (Å²) in [6.45, 7) is 8.02. The van der Waals surface area contributed by atoms with Crippen molar-refractivity contribution in [1.29, 1.82) is 0 Å². The zero-order valence-corrected chi connectivity index (χ0v) is 18.9. The lowest BCUT2D eigenvalue weighted by Crippen LogP contribution is -2.36. The third-order valence-electron chi connectivity index (χ3n) is 5.57. The topological polar surface area (TPSA) is 107 Å². The van der Waals surface area contributed by atoms with Crippen molar-refractivity contribution in [1.82, 2.24) is 20.4 Å². The summed E-state index contributed by atoms with van der Waals surface area (Å²) in [6, 6.07) is 9.64. The number of morpholine rings is 1. The molecular formula is C24H28N4O5. The highest BCUT2D eigenvalue weighted by atomic mass is 16.5. The quantitative estimate of drug-likeness (QED) is 0.520. The van der Waals surface area contributed by atoms with E-state index >= 15 is 0 Å². The van der Waals surface area contributed by atoms with Crippen molar-refractivity contribution < 1.29 is 23.6 Å². The number of benzene rings is 1. The molecule has 174 valence electrons. The van der Waals surface area contributed by atoms with E-state index in [-0.39, 0.29) is 24.0 Å². The molecule has 9 heteroatoms. The van der Waals surface area contributed by atoms with Gasteiger partial charge in [-0.3, -0.25) is 9.69 Å². The van der Waals surface area contributed by atoms with Gasteiger partial charge >= 0.3 is 5.97 Å². The van der Waals surface area contributed by atoms with Crippen LogP contribution in [0.5, 0.6) is 0 Å². The van der Waals surface area contributed by atoms with Crippen LogP contribution in [0.15, 0.2) is 41.1 Å². The van der Waals surface area contributed by atoms with Crippen LogP contribution in [0.25, 0.3) is 11.1 Å². The summed E-state index contributed by atoms with van der Waals surface area (Å²) >= 11 is 0. The van der Waals surface area contributed by atoms with Gasteiger partial charge in [0.05, 0.1) is 29.9 Å². The van der Waals surface area contributed by atoms with Gasteiger partial charge in [-0.2, -0.15) is 0 Å². The molecule has 0 unspecified atom stereocenters. The van der Waals surface area contributed by atoms with E-state index in [2.05, 4.69) is 26.4 Å². The van der Waals surface area contributed by atoms with E-state index in [1.54, 1.807) is 6.07 Å². The van der Waals surface area contributed by atoms with Gasteiger partial charge in [-0.25, -0.2) is 9.78 Å². The second-order valence-corrected chi connectivity index (χ2v) is 8.31. The Morgan fingerprint density at radius 3 is 2.70 bits per heavy atom. The number of ether oxygens (including phenoxy) is 2. The number of amides is 1. The monoisotopic (exact) mass is 452 g/mol. The molecule has 1 fully saturated rings. The lowest BCUT2D eigenvalue weighted by Gasteiger charge is -2.27. The summed E-state index contributed by atoms with van der Waals surface area (Å²) in [6.07, 6.45) is 1.36. The molecule has 33 heavy (non-hydrogen) atoms. The number of esters is 1. The Morgan fingerprint density at radius 2 is 1.94 bits per heavy atom. The van der Waals surface area contributed by atoms with Crippen molar-refractivity contribution in [2.75, 3.05) is 32.9 Å². The average Bonchev–Trinajstić information content (AvgIpc) is 3.26. The first-order valence-electron chi connectivity index (χ1n) is 11.1. The minimum atomic E-state index is -0.622. The summed E-state index contributed by atoms with van der Waals surface area (Å²) in [7, 11) is 0. The van der Waals surface area contributed by atoms with Gasteiger partial charge in [0.1, 0.15) is 0 Å². The summed E-state index contributed by atoms with van der Waals surface area (Å²) in [4.78, 5) is 31.2. The van der Waals surface area contributed by atoms with Crippen molar-refractivity contribution in [3.8, 4) is 0 Å². The normalized spacial score (nSPS) is 14.5. The first-order chi connectivity index (χ1) is 16.0. The highest BCUT2D eigenvalue weighted by Crippen LogP contribution is 2.24. The van der Waals surface area contributed by atoms with Gasteiger partial charge in [0, 0.05) is 32.4 Å². The minimum Gasteiger partial charge on any atom is -0.452 e. The summed E-state index contributed by atoms with van der Waals surface area (Å²) in [5.74, 6) is -0.870. The minimum absolute atomic E-state index is 0.122. The van der Waals surface area contributed by atoms with Gasteiger partial charge < -0.3 is 19.3 Å². The molecule has 9 nitrogen and oxygen atoms in total. The Bertz CT molecular complexity index is 1120. The van der Waals surface area contributed by atoms with E-state index < -0.39 is 5.97 Å². The van der Waals surface area contributed by atoms with E-state index in [1.165, 1.54) is 6.20 Å². The van der Waals surface area contributed by atoms with Crippen LogP contribution >= 0.6 is 0 Å². The van der Waals surface area contributed by atoms with E-state index in [1.807, 2.05) is 32.0 Å². The van der Waals surface area contributed by atoms with Gasteiger partial charge in [0.2, 0.25) is 0 Å². The first kappa shape index (κ1) is 22.9. The third-order valence-corrected chi connectivity index (χ3v) is 5.57. The van der Waals surface area contributed by atoms with Crippen LogP contribution in [0.3, 0.4) is 0 Å². The predicted octanol–water partition coefficient (Wildman–Crippen LogP) is 2.65. The number of nitrogens with zero attached hydrogens (tertiary/aromatic N) is 3. The van der Waals surface area contributed by atoms with Crippen molar-refractivity contribution in [2.24, 2.45) is 0 Å². The molecule has 0 bridgehead atoms. The SMILES string of the molecule is CC(C)c1noc2ncc(C(=O)OCC(=O)NCc3ccccc3CN3CCOCC3)cc12. The summed E-state index contributed by atoms with van der Waals surface area (Å²) in [5.41, 5.74) is 3.53. The van der Waals surface area contributed by atoms with E-state index in [0.29, 0.717) is 17.6 Å². The van der Waals surface area contributed by atoms with Gasteiger partial charge in [-0.15, -0.1) is 0 Å². The van der Waals surface area contributed by atoms with Crippen LogP contribution in [0.4, 0.5) is 0 Å². The molecule has 1 saturated heterocycles. The molecule has 0 radical (unpaired) electrons. The highest BCUT2D eigenvalue weighted by Gasteiger charge is 2.18. The maximum absolute atomic E-state index is 12.4. The molecule has 1 aliphatic heterocycles. The summed E-state index contributed by atoms with van der Waals surface area (Å²) in [5, 5.41) is 7.50. The van der Waals surface area contributed by atoms with E-state index in [4.69, 9.17) is 14.0 Å². The second kappa shape index (κ2) is 10.5. The zero-order valence-electron chi connectivity index (χ0n) is 18.9. The molecule has 0 aliphatic carbocycles. The average molecular weight is 453 g/mol. The fourth-order valence-corrected chi connectivity index (χ4v) is 3.72. The largest absolute Gasteiger partial charge is 0.452 e. The lowest BCUT2D eigenvalue weighted by atomic mass is 10.1. The molecule has 1 amide bonds. The van der Waals surface area contributed by atoms with Crippen LogP contribution < -0.4 is 5.32 Å². The smallest absolute Gasteiger partial charge is 0.340 e. The molecule has 3 heterocycles. The number of fused-ring (bicyclic) bond motifs is 1. The molecule has 1 N–H and O–H groups in total. The molecule has 4 rings (SSSR count). The molecule has 0 saturated carbocycles. The van der Waals surface area contributed by atoms with Crippen LogP contribution in [-0.2, 0) is 27.4 Å². The Morgan fingerprint density at radius 1 is 1.18 bits per heavy atom. The van der Waals surface area contributed by atoms with Crippen molar-refractivity contribution in [3.63, 3.8) is 0 Å². The molecule has 0 spiro atoms. The van der Waals surface area contributed by atoms with E-state index in [9.17, 15) is 9.59 Å². The molecule has 1 aromatic carbocycles. The Balaban J connectivity index is 1.30. The Labute approximate surface area is 192 Å². The van der Waals surface area contributed by atoms with Gasteiger partial charge in [-0.1, -0.05) is 43.3 Å². The van der Waals surface area contributed by atoms with E-state index in [0.717, 1.165) is 49.7 Å². The number of pyridine rings is 1. The Hall–Kier alpha value is -3.30. The number of carbonyl (C=O) groups excluding carboxylic acids is 2. The lowest BCUT2D eigenvalue weighted by molar-refractivity contribution is -0.124. The Kier molecular flexibility index (Phi) is 7.31. The molecule has 3 aromatic rings. The van der Waals surface area contributed by atoms with Crippen LogP contribution in [0.1, 0.15) is 46.9 Å².